The number of tetrazole rings is 1. The number of benzene rings is 1. The third-order valence-corrected chi connectivity index (χ3v) is 8.08. The zero-order valence-electron chi connectivity index (χ0n) is 16.9. The maximum atomic E-state index is 13.2. The number of aromatic nitrogens is 4. The summed E-state index contributed by atoms with van der Waals surface area (Å²) in [7, 11) is -8.93. The van der Waals surface area contributed by atoms with E-state index in [1.165, 1.54) is 11.0 Å². The Balaban J connectivity index is 1.96. The minimum atomic E-state index is -4.62. The van der Waals surface area contributed by atoms with E-state index in [9.17, 15) is 21.6 Å². The van der Waals surface area contributed by atoms with E-state index in [4.69, 9.17) is 10.9 Å². The maximum Gasteiger partial charge on any atom is 0.243 e. The summed E-state index contributed by atoms with van der Waals surface area (Å²) in [5.74, 6) is -0.664. The van der Waals surface area contributed by atoms with Crippen LogP contribution in [0.15, 0.2) is 21.9 Å². The molecular weight excluding hydrogens is 462 g/mol. The van der Waals surface area contributed by atoms with Crippen molar-refractivity contribution in [1.29, 1.82) is 0 Å². The topological polar surface area (TPSA) is 219 Å². The standard InChI is InChI=1S/C16H23N9O5S2/c17-10-2-1-7-25(16(10)26)11-3-4-12(32(29,30)22-9-5-6-19-8-9)14(31(18,27)28)13(11)15-20-23-24-21-15/h3-4,9-10,19,22H,1-2,5-8,17H2,(H2,18,27,28)(H,20,21,23,24). The Labute approximate surface area is 184 Å². The van der Waals surface area contributed by atoms with Gasteiger partial charge in [-0.3, -0.25) is 4.79 Å². The first kappa shape index (κ1) is 22.7. The summed E-state index contributed by atoms with van der Waals surface area (Å²) in [4.78, 5) is 12.7. The minimum Gasteiger partial charge on any atom is -0.320 e. The van der Waals surface area contributed by atoms with Crippen molar-refractivity contribution in [1.82, 2.24) is 30.7 Å². The lowest BCUT2D eigenvalue weighted by Gasteiger charge is -2.32. The summed E-state index contributed by atoms with van der Waals surface area (Å²) in [6.07, 6.45) is 1.58. The first-order chi connectivity index (χ1) is 15.1. The summed E-state index contributed by atoms with van der Waals surface area (Å²) in [5.41, 5.74) is 5.73. The van der Waals surface area contributed by atoms with Crippen molar-refractivity contribution in [3.8, 4) is 11.4 Å². The van der Waals surface area contributed by atoms with Crippen LogP contribution in [0.3, 0.4) is 0 Å². The third-order valence-electron chi connectivity index (χ3n) is 5.40. The average molecular weight is 486 g/mol. The Hall–Kier alpha value is -2.50. The second kappa shape index (κ2) is 8.45. The molecule has 0 spiro atoms. The zero-order chi connectivity index (χ0) is 23.1. The van der Waals surface area contributed by atoms with Crippen molar-refractivity contribution >= 4 is 31.6 Å². The molecule has 0 bridgehead atoms. The smallest absolute Gasteiger partial charge is 0.243 e. The summed E-state index contributed by atoms with van der Waals surface area (Å²) in [6.45, 7) is 1.28. The second-order valence-electron chi connectivity index (χ2n) is 7.62. The zero-order valence-corrected chi connectivity index (χ0v) is 18.5. The highest BCUT2D eigenvalue weighted by molar-refractivity contribution is 7.92. The molecule has 2 fully saturated rings. The van der Waals surface area contributed by atoms with Crippen LogP contribution >= 0.6 is 0 Å². The Bertz CT molecular complexity index is 1220. The highest BCUT2D eigenvalue weighted by Gasteiger charge is 2.37. The van der Waals surface area contributed by atoms with Gasteiger partial charge in [0.1, 0.15) is 9.79 Å². The van der Waals surface area contributed by atoms with Gasteiger partial charge >= 0.3 is 0 Å². The number of hydrogen-bond acceptors (Lipinski definition) is 10. The fraction of sp³-hybridized carbons (Fsp3) is 0.500. The number of primary sulfonamides is 1. The predicted octanol–water partition coefficient (Wildman–Crippen LogP) is -2.39. The monoisotopic (exact) mass is 485 g/mol. The first-order valence-electron chi connectivity index (χ1n) is 9.83. The molecule has 14 nitrogen and oxygen atoms in total. The molecule has 32 heavy (non-hydrogen) atoms. The van der Waals surface area contributed by atoms with E-state index in [0.717, 1.165) is 6.07 Å². The summed E-state index contributed by atoms with van der Waals surface area (Å²) in [6, 6.07) is 1.25. The number of hydrogen-bond donors (Lipinski definition) is 5. The molecule has 2 atom stereocenters. The van der Waals surface area contributed by atoms with Gasteiger partial charge in [0.25, 0.3) is 0 Å². The Morgan fingerprint density at radius 1 is 1.19 bits per heavy atom. The quantitative estimate of drug-likeness (QED) is 0.292. The molecule has 2 saturated heterocycles. The number of carbonyl (C=O) groups is 1. The second-order valence-corrected chi connectivity index (χ2v) is 10.8. The maximum absolute atomic E-state index is 13.2. The Morgan fingerprint density at radius 3 is 2.59 bits per heavy atom. The number of anilines is 1. The van der Waals surface area contributed by atoms with Gasteiger partial charge in [-0.25, -0.2) is 26.7 Å². The lowest BCUT2D eigenvalue weighted by atomic mass is 10.0. The van der Waals surface area contributed by atoms with Crippen molar-refractivity contribution in [3.05, 3.63) is 12.1 Å². The Morgan fingerprint density at radius 2 is 1.97 bits per heavy atom. The van der Waals surface area contributed by atoms with Crippen molar-refractivity contribution in [2.75, 3.05) is 24.5 Å². The van der Waals surface area contributed by atoms with Gasteiger partial charge in [-0.2, -0.15) is 5.21 Å². The van der Waals surface area contributed by atoms with Crippen molar-refractivity contribution in [2.24, 2.45) is 10.9 Å². The SMILES string of the molecule is NC1CCCN(c2ccc(S(=O)(=O)NC3CCNC3)c(S(N)(=O)=O)c2-c2nn[nH]n2)C1=O. The molecule has 0 radical (unpaired) electrons. The van der Waals surface area contributed by atoms with Gasteiger partial charge in [0.2, 0.25) is 31.8 Å². The van der Waals surface area contributed by atoms with Crippen LogP contribution in [0.4, 0.5) is 5.69 Å². The molecule has 1 aromatic heterocycles. The number of amides is 1. The van der Waals surface area contributed by atoms with Crippen LogP contribution in [0.2, 0.25) is 0 Å². The molecular formula is C16H23N9O5S2. The number of piperidine rings is 1. The number of H-pyrrole nitrogens is 1. The Kier molecular flexibility index (Phi) is 5.99. The van der Waals surface area contributed by atoms with Gasteiger partial charge in [0.05, 0.1) is 17.3 Å². The molecule has 2 aromatic rings. The number of rotatable bonds is 6. The van der Waals surface area contributed by atoms with Gasteiger partial charge in [-0.1, -0.05) is 0 Å². The van der Waals surface area contributed by atoms with Gasteiger partial charge in [0.15, 0.2) is 0 Å². The highest BCUT2D eigenvalue weighted by atomic mass is 32.2. The van der Waals surface area contributed by atoms with Gasteiger partial charge in [-0.05, 0) is 43.2 Å². The molecule has 0 aliphatic carbocycles. The van der Waals surface area contributed by atoms with E-state index in [1.54, 1.807) is 0 Å². The lowest BCUT2D eigenvalue weighted by Crippen LogP contribution is -2.48. The van der Waals surface area contributed by atoms with Crippen LogP contribution in [0.25, 0.3) is 11.4 Å². The van der Waals surface area contributed by atoms with E-state index in [-0.39, 0.29) is 23.6 Å². The summed E-state index contributed by atoms with van der Waals surface area (Å²) in [5, 5.41) is 21.8. The van der Waals surface area contributed by atoms with Crippen LogP contribution in [-0.4, -0.2) is 75.1 Å². The number of aromatic amines is 1. The third kappa shape index (κ3) is 4.24. The number of carbonyl (C=O) groups excluding carboxylic acids is 1. The van der Waals surface area contributed by atoms with Crippen molar-refractivity contribution in [3.63, 3.8) is 0 Å². The molecule has 174 valence electrons. The van der Waals surface area contributed by atoms with E-state index >= 15 is 0 Å². The molecule has 3 heterocycles. The van der Waals surface area contributed by atoms with Crippen LogP contribution < -0.4 is 25.8 Å². The normalized spacial score (nSPS) is 22.4. The van der Waals surface area contributed by atoms with Gasteiger partial charge in [0, 0.05) is 19.1 Å². The van der Waals surface area contributed by atoms with Crippen molar-refractivity contribution < 1.29 is 21.6 Å². The average Bonchev–Trinajstić information content (AvgIpc) is 3.42. The van der Waals surface area contributed by atoms with E-state index in [2.05, 4.69) is 30.7 Å². The summed E-state index contributed by atoms with van der Waals surface area (Å²) < 4.78 is 54.2. The molecule has 16 heteroatoms. The lowest BCUT2D eigenvalue weighted by molar-refractivity contribution is -0.120. The molecule has 2 unspecified atom stereocenters. The van der Waals surface area contributed by atoms with Crippen LogP contribution in [-0.2, 0) is 24.8 Å². The van der Waals surface area contributed by atoms with E-state index in [0.29, 0.717) is 32.4 Å². The molecule has 1 aromatic carbocycles. The molecule has 1 amide bonds. The minimum absolute atomic E-state index is 0.0806. The fourth-order valence-electron chi connectivity index (χ4n) is 3.94. The highest BCUT2D eigenvalue weighted by Crippen LogP contribution is 2.39. The van der Waals surface area contributed by atoms with Gasteiger partial charge < -0.3 is 16.0 Å². The molecule has 0 saturated carbocycles. The fourth-order valence-corrected chi connectivity index (χ4v) is 6.80. The largest absolute Gasteiger partial charge is 0.320 e. The van der Waals surface area contributed by atoms with Crippen LogP contribution in [0.1, 0.15) is 19.3 Å². The first-order valence-corrected chi connectivity index (χ1v) is 12.9. The number of sulfonamides is 2. The van der Waals surface area contributed by atoms with E-state index in [1.807, 2.05) is 0 Å². The number of nitrogens with zero attached hydrogens (tertiary/aromatic N) is 4. The molecule has 2 aliphatic heterocycles. The van der Waals surface area contributed by atoms with Crippen LogP contribution in [0.5, 0.6) is 0 Å². The van der Waals surface area contributed by atoms with Crippen molar-refractivity contribution in [2.45, 2.75) is 41.1 Å². The molecule has 4 rings (SSSR count). The van der Waals surface area contributed by atoms with Crippen LogP contribution in [0, 0.1) is 0 Å². The van der Waals surface area contributed by atoms with Gasteiger partial charge in [-0.15, -0.1) is 10.2 Å². The summed E-state index contributed by atoms with van der Waals surface area (Å²) >= 11 is 0. The molecule has 2 aliphatic rings. The van der Waals surface area contributed by atoms with E-state index < -0.39 is 47.8 Å². The number of nitrogens with one attached hydrogen (secondary N) is 3. The molecule has 7 N–H and O–H groups in total. The predicted molar refractivity (Wildman–Crippen MR) is 112 cm³/mol. The number of nitrogens with two attached hydrogens (primary N) is 2.